The third-order valence-corrected chi connectivity index (χ3v) is 6.68. The van der Waals surface area contributed by atoms with E-state index in [9.17, 15) is 9.59 Å². The van der Waals surface area contributed by atoms with Crippen LogP contribution in [0.5, 0.6) is 0 Å². The van der Waals surface area contributed by atoms with E-state index in [4.69, 9.17) is 0 Å². The number of carbonyl (C=O) groups is 2. The number of carbonyl (C=O) groups excluding carboxylic acids is 2. The highest BCUT2D eigenvalue weighted by atomic mass is 16.1. The van der Waals surface area contributed by atoms with Gasteiger partial charge in [0.2, 0.25) is 0 Å². The van der Waals surface area contributed by atoms with Gasteiger partial charge in [0.05, 0.1) is 0 Å². The van der Waals surface area contributed by atoms with Gasteiger partial charge in [-0.3, -0.25) is 9.59 Å². The molecule has 0 fully saturated rings. The van der Waals surface area contributed by atoms with Crippen LogP contribution in [0.25, 0.3) is 43.1 Å². The predicted molar refractivity (Wildman–Crippen MR) is 141 cm³/mol. The monoisotopic (exact) mass is 438 g/mol. The average molecular weight is 439 g/mol. The fourth-order valence-electron chi connectivity index (χ4n) is 5.11. The summed E-state index contributed by atoms with van der Waals surface area (Å²) in [4.78, 5) is 27.2. The van der Waals surface area contributed by atoms with Gasteiger partial charge in [-0.25, -0.2) is 0 Å². The van der Waals surface area contributed by atoms with Crippen molar-refractivity contribution < 1.29 is 9.59 Å². The molecule has 0 aliphatic heterocycles. The minimum atomic E-state index is 0.00546. The van der Waals surface area contributed by atoms with Crippen LogP contribution in [0.15, 0.2) is 109 Å². The normalized spacial score (nSPS) is 11.4. The summed E-state index contributed by atoms with van der Waals surface area (Å²) < 4.78 is 0. The molecule has 0 saturated carbocycles. The van der Waals surface area contributed by atoms with Crippen molar-refractivity contribution in [1.82, 2.24) is 0 Å². The van der Waals surface area contributed by atoms with Crippen molar-refractivity contribution in [2.24, 2.45) is 0 Å². The summed E-state index contributed by atoms with van der Waals surface area (Å²) in [6.07, 6.45) is 0.350. The molecule has 0 atom stereocenters. The molecule has 0 aliphatic rings. The zero-order chi connectivity index (χ0) is 23.1. The lowest BCUT2D eigenvalue weighted by atomic mass is 9.90. The molecule has 0 bridgehead atoms. The minimum Gasteiger partial charge on any atom is -0.294 e. The van der Waals surface area contributed by atoms with Crippen LogP contribution in [0.3, 0.4) is 0 Å². The molecule has 0 spiro atoms. The Balaban J connectivity index is 1.41. The van der Waals surface area contributed by atoms with Crippen LogP contribution < -0.4 is 0 Å². The molecular weight excluding hydrogens is 416 g/mol. The van der Waals surface area contributed by atoms with Crippen molar-refractivity contribution in [3.05, 3.63) is 120 Å². The Kier molecular flexibility index (Phi) is 4.92. The first-order chi connectivity index (χ1) is 16.7. The predicted octanol–water partition coefficient (Wildman–Crippen LogP) is 8.15. The van der Waals surface area contributed by atoms with E-state index in [0.29, 0.717) is 11.1 Å². The summed E-state index contributed by atoms with van der Waals surface area (Å²) in [5.41, 5.74) is 1.42. The molecule has 0 amide bonds. The SMILES string of the molecule is O=C(CCC(=O)c1c2ccccc2cc2ccccc12)c1c2ccccc2cc2ccccc12. The van der Waals surface area contributed by atoms with Gasteiger partial charge in [0.25, 0.3) is 0 Å². The summed E-state index contributed by atoms with van der Waals surface area (Å²) in [6, 6.07) is 36.1. The van der Waals surface area contributed by atoms with Crippen molar-refractivity contribution in [3.63, 3.8) is 0 Å². The largest absolute Gasteiger partial charge is 0.294 e. The maximum atomic E-state index is 13.6. The van der Waals surface area contributed by atoms with E-state index in [2.05, 4.69) is 12.1 Å². The number of fused-ring (bicyclic) bond motifs is 4. The van der Waals surface area contributed by atoms with Crippen LogP contribution in [-0.4, -0.2) is 11.6 Å². The summed E-state index contributed by atoms with van der Waals surface area (Å²) >= 11 is 0. The van der Waals surface area contributed by atoms with Crippen LogP contribution in [-0.2, 0) is 0 Å². The standard InChI is InChI=1S/C32H22O2/c33-29(31-25-13-5-1-9-21(25)19-22-10-2-6-14-26(22)31)17-18-30(34)32-27-15-7-3-11-23(27)20-24-12-4-8-16-28(24)32/h1-16,19-20H,17-18H2. The third-order valence-electron chi connectivity index (χ3n) is 6.68. The van der Waals surface area contributed by atoms with Crippen LogP contribution in [0.4, 0.5) is 0 Å². The van der Waals surface area contributed by atoms with E-state index in [-0.39, 0.29) is 24.4 Å². The number of Topliss-reactive ketones (excluding diaryl/α,β-unsaturated/α-hetero) is 2. The Morgan fingerprint density at radius 2 is 0.676 bits per heavy atom. The summed E-state index contributed by atoms with van der Waals surface area (Å²) in [5.74, 6) is 0.0109. The van der Waals surface area contributed by atoms with E-state index >= 15 is 0 Å². The molecule has 34 heavy (non-hydrogen) atoms. The highest BCUT2D eigenvalue weighted by Crippen LogP contribution is 2.32. The molecule has 6 aromatic carbocycles. The van der Waals surface area contributed by atoms with Crippen molar-refractivity contribution in [1.29, 1.82) is 0 Å². The second kappa shape index (κ2) is 8.24. The Morgan fingerprint density at radius 1 is 0.412 bits per heavy atom. The zero-order valence-electron chi connectivity index (χ0n) is 18.6. The lowest BCUT2D eigenvalue weighted by Gasteiger charge is -2.12. The number of rotatable bonds is 5. The fourth-order valence-corrected chi connectivity index (χ4v) is 5.11. The van der Waals surface area contributed by atoms with Gasteiger partial charge < -0.3 is 0 Å². The molecule has 0 unspecified atom stereocenters. The smallest absolute Gasteiger partial charge is 0.164 e. The van der Waals surface area contributed by atoms with Gasteiger partial charge in [-0.1, -0.05) is 97.1 Å². The number of hydrogen-bond acceptors (Lipinski definition) is 2. The van der Waals surface area contributed by atoms with E-state index < -0.39 is 0 Å². The molecule has 162 valence electrons. The Morgan fingerprint density at radius 3 is 0.971 bits per heavy atom. The van der Waals surface area contributed by atoms with Crippen LogP contribution in [0.1, 0.15) is 33.6 Å². The quantitative estimate of drug-likeness (QED) is 0.201. The molecule has 0 saturated heterocycles. The van der Waals surface area contributed by atoms with Gasteiger partial charge in [-0.2, -0.15) is 0 Å². The molecule has 0 N–H and O–H groups in total. The van der Waals surface area contributed by atoms with Crippen molar-refractivity contribution in [2.75, 3.05) is 0 Å². The Hall–Kier alpha value is -4.30. The molecule has 0 heterocycles. The summed E-state index contributed by atoms with van der Waals surface area (Å²) in [6.45, 7) is 0. The Bertz CT molecular complexity index is 1500. The average Bonchev–Trinajstić information content (AvgIpc) is 2.88. The maximum absolute atomic E-state index is 13.6. The number of benzene rings is 6. The van der Waals surface area contributed by atoms with E-state index in [0.717, 1.165) is 43.1 Å². The third kappa shape index (κ3) is 3.36. The van der Waals surface area contributed by atoms with Crippen molar-refractivity contribution in [3.8, 4) is 0 Å². The van der Waals surface area contributed by atoms with Gasteiger partial charge >= 0.3 is 0 Å². The Labute approximate surface area is 197 Å². The summed E-state index contributed by atoms with van der Waals surface area (Å²) in [7, 11) is 0. The molecule has 2 heteroatoms. The van der Waals surface area contributed by atoms with Crippen LogP contribution in [0, 0.1) is 0 Å². The van der Waals surface area contributed by atoms with Gasteiger partial charge in [0.15, 0.2) is 11.6 Å². The zero-order valence-corrected chi connectivity index (χ0v) is 18.6. The second-order valence-corrected chi connectivity index (χ2v) is 8.73. The summed E-state index contributed by atoms with van der Waals surface area (Å²) in [5, 5.41) is 7.91. The molecule has 0 aliphatic carbocycles. The van der Waals surface area contributed by atoms with Crippen LogP contribution in [0.2, 0.25) is 0 Å². The lowest BCUT2D eigenvalue weighted by molar-refractivity contribution is 0.0921. The highest BCUT2D eigenvalue weighted by Gasteiger charge is 2.19. The maximum Gasteiger partial charge on any atom is 0.164 e. The van der Waals surface area contributed by atoms with Crippen LogP contribution >= 0.6 is 0 Å². The molecule has 6 rings (SSSR count). The number of ketones is 2. The van der Waals surface area contributed by atoms with Crippen molar-refractivity contribution in [2.45, 2.75) is 12.8 Å². The van der Waals surface area contributed by atoms with E-state index in [1.807, 2.05) is 97.1 Å². The second-order valence-electron chi connectivity index (χ2n) is 8.73. The topological polar surface area (TPSA) is 34.1 Å². The lowest BCUT2D eigenvalue weighted by Crippen LogP contribution is -2.07. The first-order valence-corrected chi connectivity index (χ1v) is 11.6. The van der Waals surface area contributed by atoms with E-state index in [1.54, 1.807) is 0 Å². The molecular formula is C32H22O2. The van der Waals surface area contributed by atoms with Gasteiger partial charge in [-0.05, 0) is 55.2 Å². The fraction of sp³-hybridized carbons (Fsp3) is 0.0625. The van der Waals surface area contributed by atoms with Gasteiger partial charge in [0, 0.05) is 24.0 Å². The van der Waals surface area contributed by atoms with E-state index in [1.165, 1.54) is 0 Å². The highest BCUT2D eigenvalue weighted by molar-refractivity contribution is 6.22. The minimum absolute atomic E-state index is 0.00546. The first kappa shape index (κ1) is 20.3. The van der Waals surface area contributed by atoms with Gasteiger partial charge in [0.1, 0.15) is 0 Å². The number of hydrogen-bond donors (Lipinski definition) is 0. The molecule has 2 nitrogen and oxygen atoms in total. The van der Waals surface area contributed by atoms with Gasteiger partial charge in [-0.15, -0.1) is 0 Å². The molecule has 0 radical (unpaired) electrons. The first-order valence-electron chi connectivity index (χ1n) is 11.6. The molecule has 0 aromatic heterocycles. The molecule has 6 aromatic rings. The van der Waals surface area contributed by atoms with Crippen molar-refractivity contribution >= 4 is 54.7 Å².